The van der Waals surface area contributed by atoms with Gasteiger partial charge in [0.1, 0.15) is 0 Å². The molecule has 1 rings (SSSR count). The molecule has 0 radical (unpaired) electrons. The molecule has 0 saturated carbocycles. The molecule has 0 unspecified atom stereocenters. The lowest BCUT2D eigenvalue weighted by Gasteiger charge is -2.00. The van der Waals surface area contributed by atoms with Gasteiger partial charge in [-0.1, -0.05) is 6.07 Å². The molecule has 0 aliphatic heterocycles. The molecular weight excluding hydrogens is 182 g/mol. The minimum Gasteiger partial charge on any atom is -0.464 e. The van der Waals surface area contributed by atoms with E-state index in [4.69, 9.17) is 11.5 Å². The second-order valence-corrected chi connectivity index (χ2v) is 2.70. The zero-order valence-electron chi connectivity index (χ0n) is 7.43. The summed E-state index contributed by atoms with van der Waals surface area (Å²) in [4.78, 5) is 22.0. The maximum absolute atomic E-state index is 11.4. The maximum atomic E-state index is 11.4. The van der Waals surface area contributed by atoms with Crippen molar-refractivity contribution >= 4 is 6.09 Å². The molecule has 1 aromatic rings. The largest absolute Gasteiger partial charge is 0.464 e. The van der Waals surface area contributed by atoms with E-state index in [0.29, 0.717) is 23.0 Å². The Labute approximate surface area is 80.8 Å². The molecule has 0 aliphatic rings. The molecule has 0 bridgehead atoms. The summed E-state index contributed by atoms with van der Waals surface area (Å²) in [6.45, 7) is 0. The number of hydrogen-bond donors (Lipinski definition) is 1. The third-order valence-electron chi connectivity index (χ3n) is 1.77. The fraction of sp³-hybridized carbons (Fsp3) is 0.200. The molecule has 4 nitrogen and oxygen atoms in total. The van der Waals surface area contributed by atoms with Crippen LogP contribution in [0.3, 0.4) is 0 Å². The second kappa shape index (κ2) is 4.28. The lowest BCUT2D eigenvalue weighted by molar-refractivity contribution is 0.195. The van der Waals surface area contributed by atoms with E-state index in [1.807, 2.05) is 0 Å². The van der Waals surface area contributed by atoms with Crippen LogP contribution in [0.1, 0.15) is 12.0 Å². The summed E-state index contributed by atoms with van der Waals surface area (Å²) in [6.07, 6.45) is 5.82. The first-order valence-electron chi connectivity index (χ1n) is 4.04. The Hall–Kier alpha value is -2.02. The molecule has 72 valence electrons. The molecule has 0 aromatic carbocycles. The summed E-state index contributed by atoms with van der Waals surface area (Å²) in [6, 6.07) is 3.10. The van der Waals surface area contributed by atoms with Crippen molar-refractivity contribution < 1.29 is 9.90 Å². The van der Waals surface area contributed by atoms with Crippen LogP contribution < -0.4 is 5.56 Å². The third-order valence-corrected chi connectivity index (χ3v) is 1.77. The monoisotopic (exact) mass is 191 g/mol. The van der Waals surface area contributed by atoms with Gasteiger partial charge in [0.25, 0.3) is 5.56 Å². The first kappa shape index (κ1) is 10.1. The Morgan fingerprint density at radius 1 is 1.64 bits per heavy atom. The lowest BCUT2D eigenvalue weighted by Crippen LogP contribution is -2.27. The van der Waals surface area contributed by atoms with Crippen molar-refractivity contribution in [2.75, 3.05) is 0 Å². The molecular formula is C10H9NO3. The molecule has 0 spiro atoms. The summed E-state index contributed by atoms with van der Waals surface area (Å²) in [5.41, 5.74) is -0.0944. The average Bonchev–Trinajstić information content (AvgIpc) is 2.16. The molecule has 0 amide bonds. The standard InChI is InChI=1S/C10H9NO3/c1-2-3-5-8-6-4-7-11(9(8)12)10(13)14/h1,4,6-7H,3,5H2,(H,13,14). The minimum absolute atomic E-state index is 0.406. The van der Waals surface area contributed by atoms with E-state index < -0.39 is 11.7 Å². The quantitative estimate of drug-likeness (QED) is 0.708. The van der Waals surface area contributed by atoms with Crippen LogP contribution in [0.4, 0.5) is 4.79 Å². The van der Waals surface area contributed by atoms with Crippen molar-refractivity contribution in [1.29, 1.82) is 0 Å². The minimum atomic E-state index is -1.28. The number of carboxylic acid groups (broad SMARTS) is 1. The van der Waals surface area contributed by atoms with Crippen molar-refractivity contribution in [3.8, 4) is 12.3 Å². The fourth-order valence-corrected chi connectivity index (χ4v) is 1.09. The molecule has 0 saturated heterocycles. The fourth-order valence-electron chi connectivity index (χ4n) is 1.09. The van der Waals surface area contributed by atoms with Crippen LogP contribution in [0.25, 0.3) is 0 Å². The number of rotatable bonds is 2. The van der Waals surface area contributed by atoms with Gasteiger partial charge >= 0.3 is 6.09 Å². The highest BCUT2D eigenvalue weighted by Crippen LogP contribution is 1.96. The Kier molecular flexibility index (Phi) is 3.08. The van der Waals surface area contributed by atoms with Crippen LogP contribution in [0, 0.1) is 12.3 Å². The Morgan fingerprint density at radius 3 is 2.93 bits per heavy atom. The van der Waals surface area contributed by atoms with E-state index in [-0.39, 0.29) is 0 Å². The van der Waals surface area contributed by atoms with Gasteiger partial charge in [-0.15, -0.1) is 12.3 Å². The molecule has 0 atom stereocenters. The molecule has 4 heteroatoms. The molecule has 14 heavy (non-hydrogen) atoms. The van der Waals surface area contributed by atoms with Gasteiger partial charge in [-0.2, -0.15) is 0 Å². The van der Waals surface area contributed by atoms with Crippen molar-refractivity contribution in [2.24, 2.45) is 0 Å². The van der Waals surface area contributed by atoms with Gasteiger partial charge in [0.2, 0.25) is 0 Å². The van der Waals surface area contributed by atoms with Crippen molar-refractivity contribution in [3.63, 3.8) is 0 Å². The van der Waals surface area contributed by atoms with Crippen LogP contribution in [-0.4, -0.2) is 15.8 Å². The number of carbonyl (C=O) groups is 1. The number of aromatic nitrogens is 1. The molecule has 0 fully saturated rings. The third kappa shape index (κ3) is 2.02. The number of terminal acetylenes is 1. The van der Waals surface area contributed by atoms with E-state index in [1.54, 1.807) is 6.07 Å². The van der Waals surface area contributed by atoms with Gasteiger partial charge in [-0.25, -0.2) is 9.36 Å². The summed E-state index contributed by atoms with van der Waals surface area (Å²) in [5.74, 6) is 2.40. The highest BCUT2D eigenvalue weighted by molar-refractivity contribution is 5.67. The number of hydrogen-bond acceptors (Lipinski definition) is 2. The van der Waals surface area contributed by atoms with Crippen molar-refractivity contribution in [1.82, 2.24) is 4.57 Å². The summed E-state index contributed by atoms with van der Waals surface area (Å²) in [7, 11) is 0. The summed E-state index contributed by atoms with van der Waals surface area (Å²) < 4.78 is 0.645. The number of pyridine rings is 1. The van der Waals surface area contributed by atoms with Gasteiger partial charge in [-0.05, 0) is 12.5 Å². The molecule has 1 aromatic heterocycles. The van der Waals surface area contributed by atoms with Gasteiger partial charge in [0.05, 0.1) is 0 Å². The van der Waals surface area contributed by atoms with Crippen LogP contribution in [0.2, 0.25) is 0 Å². The number of nitrogens with zero attached hydrogens (tertiary/aromatic N) is 1. The normalized spacial score (nSPS) is 9.36. The topological polar surface area (TPSA) is 59.3 Å². The van der Waals surface area contributed by atoms with Crippen molar-refractivity contribution in [2.45, 2.75) is 12.8 Å². The van der Waals surface area contributed by atoms with Gasteiger partial charge in [-0.3, -0.25) is 4.79 Å². The SMILES string of the molecule is C#CCCc1cccn(C(=O)O)c1=O. The molecule has 1 heterocycles. The highest BCUT2D eigenvalue weighted by Gasteiger charge is 2.06. The van der Waals surface area contributed by atoms with Crippen LogP contribution in [0.5, 0.6) is 0 Å². The zero-order valence-corrected chi connectivity index (χ0v) is 7.43. The smallest absolute Gasteiger partial charge is 0.418 e. The van der Waals surface area contributed by atoms with Gasteiger partial charge < -0.3 is 5.11 Å². The number of aryl methyl sites for hydroxylation is 1. The van der Waals surface area contributed by atoms with E-state index in [1.165, 1.54) is 12.3 Å². The Balaban J connectivity index is 3.09. The highest BCUT2D eigenvalue weighted by atomic mass is 16.4. The maximum Gasteiger partial charge on any atom is 0.418 e. The predicted octanol–water partition coefficient (Wildman–Crippen LogP) is 0.940. The van der Waals surface area contributed by atoms with Crippen molar-refractivity contribution in [3.05, 3.63) is 34.2 Å². The first-order chi connectivity index (χ1) is 6.66. The molecule has 0 aliphatic carbocycles. The van der Waals surface area contributed by atoms with E-state index in [2.05, 4.69) is 5.92 Å². The zero-order chi connectivity index (χ0) is 10.6. The van der Waals surface area contributed by atoms with Gasteiger partial charge in [0.15, 0.2) is 0 Å². The van der Waals surface area contributed by atoms with E-state index in [0.717, 1.165) is 0 Å². The lowest BCUT2D eigenvalue weighted by atomic mass is 10.1. The Bertz CT molecular complexity index is 439. The Morgan fingerprint density at radius 2 is 2.36 bits per heavy atom. The first-order valence-corrected chi connectivity index (χ1v) is 4.04. The van der Waals surface area contributed by atoms with E-state index >= 15 is 0 Å². The van der Waals surface area contributed by atoms with Crippen LogP contribution in [0.15, 0.2) is 23.1 Å². The average molecular weight is 191 g/mol. The van der Waals surface area contributed by atoms with Gasteiger partial charge in [0, 0.05) is 18.2 Å². The van der Waals surface area contributed by atoms with Crippen LogP contribution >= 0.6 is 0 Å². The predicted molar refractivity (Wildman–Crippen MR) is 51.3 cm³/mol. The van der Waals surface area contributed by atoms with E-state index in [9.17, 15) is 9.59 Å². The second-order valence-electron chi connectivity index (χ2n) is 2.70. The van der Waals surface area contributed by atoms with Crippen LogP contribution in [-0.2, 0) is 6.42 Å². The summed E-state index contributed by atoms with van der Waals surface area (Å²) >= 11 is 0. The molecule has 1 N–H and O–H groups in total. The summed E-state index contributed by atoms with van der Waals surface area (Å²) in [5, 5.41) is 8.64.